The van der Waals surface area contributed by atoms with E-state index in [2.05, 4.69) is 20.7 Å². The molecule has 7 heteroatoms. The average Bonchev–Trinajstić information content (AvgIpc) is 2.76. The maximum atomic E-state index is 11.3. The number of hydrogen-bond acceptors (Lipinski definition) is 5. The second kappa shape index (κ2) is 6.78. The summed E-state index contributed by atoms with van der Waals surface area (Å²) >= 11 is 0. The Bertz CT molecular complexity index is 690. The summed E-state index contributed by atoms with van der Waals surface area (Å²) in [5, 5.41) is 20.4. The molecule has 0 bridgehead atoms. The second-order valence-electron chi connectivity index (χ2n) is 5.79. The van der Waals surface area contributed by atoms with Crippen molar-refractivity contribution in [3.63, 3.8) is 0 Å². The van der Waals surface area contributed by atoms with E-state index in [1.807, 2.05) is 17.8 Å². The lowest BCUT2D eigenvalue weighted by Gasteiger charge is -2.14. The maximum absolute atomic E-state index is 11.3. The monoisotopic (exact) mass is 315 g/mol. The standard InChI is InChI=1S/C16H21N5O2/c1-11-15(19-14-9-18-8-5-13(14)16(22)23)10-21(20-11)12-3-2-6-17-7-4-12/h5,8-10,12,17,19H,2-4,6-7H2,1H3,(H,22,23)/t12-/m0/s1. The van der Waals surface area contributed by atoms with Crippen molar-refractivity contribution < 1.29 is 9.90 Å². The van der Waals surface area contributed by atoms with Crippen LogP contribution in [0.15, 0.2) is 24.7 Å². The second-order valence-corrected chi connectivity index (χ2v) is 5.79. The first-order valence-corrected chi connectivity index (χ1v) is 7.86. The third kappa shape index (κ3) is 3.50. The minimum atomic E-state index is -0.977. The van der Waals surface area contributed by atoms with Gasteiger partial charge >= 0.3 is 5.97 Å². The molecule has 0 saturated carbocycles. The Hall–Kier alpha value is -2.41. The minimum absolute atomic E-state index is 0.200. The molecule has 0 unspecified atom stereocenters. The number of nitrogens with zero attached hydrogens (tertiary/aromatic N) is 3. The van der Waals surface area contributed by atoms with Crippen LogP contribution in [0, 0.1) is 6.92 Å². The molecule has 122 valence electrons. The molecule has 7 nitrogen and oxygen atoms in total. The van der Waals surface area contributed by atoms with Gasteiger partial charge in [-0.25, -0.2) is 4.79 Å². The molecule has 0 radical (unpaired) electrons. The van der Waals surface area contributed by atoms with Crippen LogP contribution in [-0.2, 0) is 0 Å². The van der Waals surface area contributed by atoms with Gasteiger partial charge in [-0.1, -0.05) is 0 Å². The first-order valence-electron chi connectivity index (χ1n) is 7.86. The molecular weight excluding hydrogens is 294 g/mol. The number of carbonyl (C=O) groups is 1. The molecule has 0 spiro atoms. The molecule has 23 heavy (non-hydrogen) atoms. The Kier molecular flexibility index (Phi) is 4.57. The number of aromatic nitrogens is 3. The number of rotatable bonds is 4. The van der Waals surface area contributed by atoms with Gasteiger partial charge in [0.05, 0.1) is 34.9 Å². The van der Waals surface area contributed by atoms with E-state index < -0.39 is 5.97 Å². The topological polar surface area (TPSA) is 92.1 Å². The van der Waals surface area contributed by atoms with Gasteiger partial charge < -0.3 is 15.7 Å². The van der Waals surface area contributed by atoms with Crippen LogP contribution in [0.25, 0.3) is 0 Å². The minimum Gasteiger partial charge on any atom is -0.478 e. The lowest BCUT2D eigenvalue weighted by molar-refractivity contribution is 0.0698. The SMILES string of the molecule is Cc1nn([C@H]2CCCNCC2)cc1Nc1cnccc1C(=O)O. The number of carboxylic acids is 1. The Morgan fingerprint density at radius 2 is 2.26 bits per heavy atom. The molecule has 1 fully saturated rings. The number of nitrogens with one attached hydrogen (secondary N) is 2. The first kappa shape index (κ1) is 15.5. The number of anilines is 2. The molecule has 0 aliphatic carbocycles. The highest BCUT2D eigenvalue weighted by atomic mass is 16.4. The van der Waals surface area contributed by atoms with E-state index in [1.54, 1.807) is 0 Å². The van der Waals surface area contributed by atoms with Crippen molar-refractivity contribution in [3.05, 3.63) is 35.9 Å². The van der Waals surface area contributed by atoms with Crippen LogP contribution in [0.5, 0.6) is 0 Å². The van der Waals surface area contributed by atoms with Gasteiger partial charge in [0.25, 0.3) is 0 Å². The van der Waals surface area contributed by atoms with E-state index >= 15 is 0 Å². The van der Waals surface area contributed by atoms with Gasteiger partial charge in [-0.05, 0) is 45.3 Å². The smallest absolute Gasteiger partial charge is 0.337 e. The highest BCUT2D eigenvalue weighted by Crippen LogP contribution is 2.26. The van der Waals surface area contributed by atoms with Crippen molar-refractivity contribution in [2.24, 2.45) is 0 Å². The molecule has 1 aliphatic rings. The van der Waals surface area contributed by atoms with E-state index in [9.17, 15) is 9.90 Å². The fourth-order valence-electron chi connectivity index (χ4n) is 2.88. The summed E-state index contributed by atoms with van der Waals surface area (Å²) < 4.78 is 2.00. The largest absolute Gasteiger partial charge is 0.478 e. The van der Waals surface area contributed by atoms with Crippen LogP contribution < -0.4 is 10.6 Å². The Balaban J connectivity index is 1.83. The van der Waals surface area contributed by atoms with Crippen LogP contribution in [0.3, 0.4) is 0 Å². The fraction of sp³-hybridized carbons (Fsp3) is 0.438. The zero-order valence-electron chi connectivity index (χ0n) is 13.1. The summed E-state index contributed by atoms with van der Waals surface area (Å²) in [6.45, 7) is 3.97. The average molecular weight is 315 g/mol. The Labute approximate surface area is 134 Å². The quantitative estimate of drug-likeness (QED) is 0.802. The van der Waals surface area contributed by atoms with E-state index in [0.29, 0.717) is 11.7 Å². The molecule has 1 saturated heterocycles. The van der Waals surface area contributed by atoms with Crippen molar-refractivity contribution in [3.8, 4) is 0 Å². The lowest BCUT2D eigenvalue weighted by atomic mass is 10.1. The molecule has 0 amide bonds. The van der Waals surface area contributed by atoms with E-state index in [-0.39, 0.29) is 5.56 Å². The summed E-state index contributed by atoms with van der Waals surface area (Å²) in [7, 11) is 0. The van der Waals surface area contributed by atoms with E-state index in [4.69, 9.17) is 0 Å². The molecule has 1 atom stereocenters. The van der Waals surface area contributed by atoms with Crippen LogP contribution in [0.4, 0.5) is 11.4 Å². The number of aryl methyl sites for hydroxylation is 1. The highest BCUT2D eigenvalue weighted by Gasteiger charge is 2.17. The summed E-state index contributed by atoms with van der Waals surface area (Å²) in [5.41, 5.74) is 2.34. The Morgan fingerprint density at radius 1 is 1.39 bits per heavy atom. The predicted octanol–water partition coefficient (Wildman–Crippen LogP) is 2.34. The zero-order chi connectivity index (χ0) is 16.2. The molecule has 0 aromatic carbocycles. The third-order valence-electron chi connectivity index (χ3n) is 4.16. The Morgan fingerprint density at radius 3 is 3.09 bits per heavy atom. The molecule has 3 N–H and O–H groups in total. The van der Waals surface area contributed by atoms with Gasteiger partial charge in [0.2, 0.25) is 0 Å². The van der Waals surface area contributed by atoms with Crippen LogP contribution in [0.2, 0.25) is 0 Å². The van der Waals surface area contributed by atoms with Gasteiger partial charge in [-0.15, -0.1) is 0 Å². The lowest BCUT2D eigenvalue weighted by Crippen LogP contribution is -2.15. The molecule has 1 aliphatic heterocycles. The van der Waals surface area contributed by atoms with Crippen LogP contribution in [0.1, 0.15) is 41.4 Å². The van der Waals surface area contributed by atoms with Crippen molar-refractivity contribution in [2.45, 2.75) is 32.2 Å². The molecule has 2 aromatic rings. The number of carboxylic acid groups (broad SMARTS) is 1. The van der Waals surface area contributed by atoms with Crippen molar-refractivity contribution in [2.75, 3.05) is 18.4 Å². The third-order valence-corrected chi connectivity index (χ3v) is 4.16. The molecule has 2 aromatic heterocycles. The molecule has 3 heterocycles. The van der Waals surface area contributed by atoms with Crippen molar-refractivity contribution >= 4 is 17.3 Å². The van der Waals surface area contributed by atoms with Crippen LogP contribution in [-0.4, -0.2) is 38.9 Å². The van der Waals surface area contributed by atoms with Gasteiger partial charge in [-0.3, -0.25) is 9.67 Å². The van der Waals surface area contributed by atoms with Gasteiger partial charge in [-0.2, -0.15) is 5.10 Å². The van der Waals surface area contributed by atoms with Gasteiger partial charge in [0, 0.05) is 12.4 Å². The summed E-state index contributed by atoms with van der Waals surface area (Å²) in [5.74, 6) is -0.977. The number of hydrogen-bond donors (Lipinski definition) is 3. The summed E-state index contributed by atoms with van der Waals surface area (Å²) in [6, 6.07) is 1.87. The van der Waals surface area contributed by atoms with E-state index in [1.165, 1.54) is 18.5 Å². The van der Waals surface area contributed by atoms with Gasteiger partial charge in [0.15, 0.2) is 0 Å². The summed E-state index contributed by atoms with van der Waals surface area (Å²) in [6.07, 6.45) is 8.25. The molecular formula is C16H21N5O2. The first-order chi connectivity index (χ1) is 11.1. The highest BCUT2D eigenvalue weighted by molar-refractivity contribution is 5.94. The van der Waals surface area contributed by atoms with Crippen molar-refractivity contribution in [1.82, 2.24) is 20.1 Å². The van der Waals surface area contributed by atoms with E-state index in [0.717, 1.165) is 43.7 Å². The maximum Gasteiger partial charge on any atom is 0.337 e. The number of pyridine rings is 1. The number of aromatic carboxylic acids is 1. The molecule has 3 rings (SSSR count). The van der Waals surface area contributed by atoms with Crippen molar-refractivity contribution in [1.29, 1.82) is 0 Å². The normalized spacial score (nSPS) is 18.4. The van der Waals surface area contributed by atoms with Gasteiger partial charge in [0.1, 0.15) is 0 Å². The van der Waals surface area contributed by atoms with Crippen LogP contribution >= 0.6 is 0 Å². The fourth-order valence-corrected chi connectivity index (χ4v) is 2.88. The predicted molar refractivity (Wildman–Crippen MR) is 87.2 cm³/mol. The zero-order valence-corrected chi connectivity index (χ0v) is 13.1. The summed E-state index contributed by atoms with van der Waals surface area (Å²) in [4.78, 5) is 15.3.